The van der Waals surface area contributed by atoms with Crippen molar-refractivity contribution in [1.82, 2.24) is 5.32 Å². The normalized spacial score (nSPS) is 22.7. The molecule has 0 spiro atoms. The molecule has 1 heterocycles. The zero-order valence-corrected chi connectivity index (χ0v) is 13.0. The lowest BCUT2D eigenvalue weighted by Crippen LogP contribution is -2.33. The van der Waals surface area contributed by atoms with E-state index in [-0.39, 0.29) is 0 Å². The summed E-state index contributed by atoms with van der Waals surface area (Å²) in [7, 11) is 0. The standard InChI is InChI=1S/C15H22BrNO/c1-4-17-14-9-12(7-10(2)3)18-15-6-5-11(16)8-13(14)15/h5-6,8,10,12,14,17H,4,7,9H2,1-3H3. The number of ether oxygens (including phenoxy) is 1. The molecule has 1 aliphatic rings. The lowest BCUT2D eigenvalue weighted by atomic mass is 9.92. The molecule has 0 amide bonds. The van der Waals surface area contributed by atoms with Gasteiger partial charge in [-0.25, -0.2) is 0 Å². The molecule has 1 aliphatic heterocycles. The number of hydrogen-bond donors (Lipinski definition) is 1. The van der Waals surface area contributed by atoms with E-state index < -0.39 is 0 Å². The molecule has 2 nitrogen and oxygen atoms in total. The quantitative estimate of drug-likeness (QED) is 0.895. The summed E-state index contributed by atoms with van der Waals surface area (Å²) in [6.07, 6.45) is 2.52. The molecule has 0 aliphatic carbocycles. The monoisotopic (exact) mass is 311 g/mol. The lowest BCUT2D eigenvalue weighted by Gasteiger charge is -2.33. The molecule has 0 radical (unpaired) electrons. The minimum atomic E-state index is 0.336. The molecular formula is C15H22BrNO. The van der Waals surface area contributed by atoms with Gasteiger partial charge in [0.15, 0.2) is 0 Å². The highest BCUT2D eigenvalue weighted by atomic mass is 79.9. The highest BCUT2D eigenvalue weighted by molar-refractivity contribution is 9.10. The van der Waals surface area contributed by atoms with Gasteiger partial charge < -0.3 is 10.1 Å². The minimum Gasteiger partial charge on any atom is -0.490 e. The summed E-state index contributed by atoms with van der Waals surface area (Å²) >= 11 is 3.54. The smallest absolute Gasteiger partial charge is 0.124 e. The molecule has 1 N–H and O–H groups in total. The van der Waals surface area contributed by atoms with Crippen LogP contribution < -0.4 is 10.1 Å². The fraction of sp³-hybridized carbons (Fsp3) is 0.600. The SMILES string of the molecule is CCNC1CC(CC(C)C)Oc2ccc(Br)cc21. The third-order valence-electron chi connectivity index (χ3n) is 3.32. The molecule has 1 aromatic carbocycles. The molecule has 0 saturated carbocycles. The van der Waals surface area contributed by atoms with Crippen LogP contribution in [0.4, 0.5) is 0 Å². The second-order valence-corrected chi connectivity index (χ2v) is 6.31. The fourth-order valence-electron chi connectivity index (χ4n) is 2.63. The Bertz CT molecular complexity index is 405. The number of nitrogens with one attached hydrogen (secondary N) is 1. The van der Waals surface area contributed by atoms with Crippen molar-refractivity contribution in [2.45, 2.75) is 45.8 Å². The van der Waals surface area contributed by atoms with Crippen LogP contribution in [0.3, 0.4) is 0 Å². The van der Waals surface area contributed by atoms with Crippen molar-refractivity contribution in [2.75, 3.05) is 6.54 Å². The maximum Gasteiger partial charge on any atom is 0.124 e. The summed E-state index contributed by atoms with van der Waals surface area (Å²) < 4.78 is 7.23. The second kappa shape index (κ2) is 6.07. The van der Waals surface area contributed by atoms with Crippen LogP contribution in [0.25, 0.3) is 0 Å². The molecule has 100 valence electrons. The van der Waals surface area contributed by atoms with Gasteiger partial charge in [0, 0.05) is 22.5 Å². The van der Waals surface area contributed by atoms with E-state index in [1.807, 2.05) is 0 Å². The predicted octanol–water partition coefficient (Wildman–Crippen LogP) is 4.30. The molecule has 18 heavy (non-hydrogen) atoms. The highest BCUT2D eigenvalue weighted by Gasteiger charge is 2.28. The molecular weight excluding hydrogens is 290 g/mol. The van der Waals surface area contributed by atoms with Gasteiger partial charge in [-0.05, 0) is 37.1 Å². The average Bonchev–Trinajstić information content (AvgIpc) is 2.29. The van der Waals surface area contributed by atoms with E-state index in [0.29, 0.717) is 18.1 Å². The summed E-state index contributed by atoms with van der Waals surface area (Å²) in [5, 5.41) is 3.57. The Morgan fingerprint density at radius 1 is 1.44 bits per heavy atom. The van der Waals surface area contributed by atoms with Crippen molar-refractivity contribution in [3.63, 3.8) is 0 Å². The van der Waals surface area contributed by atoms with E-state index in [1.54, 1.807) is 0 Å². The van der Waals surface area contributed by atoms with Crippen LogP contribution in [0.1, 0.15) is 45.2 Å². The second-order valence-electron chi connectivity index (χ2n) is 5.40. The number of fused-ring (bicyclic) bond motifs is 1. The van der Waals surface area contributed by atoms with Crippen LogP contribution in [0.2, 0.25) is 0 Å². The van der Waals surface area contributed by atoms with Gasteiger partial charge in [0.25, 0.3) is 0 Å². The first-order chi connectivity index (χ1) is 8.60. The highest BCUT2D eigenvalue weighted by Crippen LogP contribution is 2.37. The number of benzene rings is 1. The maximum atomic E-state index is 6.11. The predicted molar refractivity (Wildman–Crippen MR) is 79.0 cm³/mol. The van der Waals surface area contributed by atoms with E-state index in [1.165, 1.54) is 5.56 Å². The van der Waals surface area contributed by atoms with Crippen molar-refractivity contribution in [3.05, 3.63) is 28.2 Å². The number of halogens is 1. The van der Waals surface area contributed by atoms with E-state index >= 15 is 0 Å². The third kappa shape index (κ3) is 3.27. The van der Waals surface area contributed by atoms with Crippen LogP contribution in [0, 0.1) is 5.92 Å². The van der Waals surface area contributed by atoms with Gasteiger partial charge in [-0.15, -0.1) is 0 Å². The van der Waals surface area contributed by atoms with Gasteiger partial charge in [-0.2, -0.15) is 0 Å². The molecule has 3 heteroatoms. The summed E-state index contributed by atoms with van der Waals surface area (Å²) in [5.74, 6) is 1.72. The zero-order valence-electron chi connectivity index (χ0n) is 11.4. The summed E-state index contributed by atoms with van der Waals surface area (Å²) in [5.41, 5.74) is 1.28. The van der Waals surface area contributed by atoms with Crippen LogP contribution >= 0.6 is 15.9 Å². The Morgan fingerprint density at radius 2 is 2.22 bits per heavy atom. The first-order valence-electron chi connectivity index (χ1n) is 6.79. The van der Waals surface area contributed by atoms with Gasteiger partial charge in [0.2, 0.25) is 0 Å². The summed E-state index contributed by atoms with van der Waals surface area (Å²) in [4.78, 5) is 0. The summed E-state index contributed by atoms with van der Waals surface area (Å²) in [6, 6.07) is 6.73. The van der Waals surface area contributed by atoms with Crippen LogP contribution in [-0.2, 0) is 0 Å². The Balaban J connectivity index is 2.22. The molecule has 0 bridgehead atoms. The molecule has 2 unspecified atom stereocenters. The Hall–Kier alpha value is -0.540. The van der Waals surface area contributed by atoms with Gasteiger partial charge >= 0.3 is 0 Å². The zero-order chi connectivity index (χ0) is 13.1. The van der Waals surface area contributed by atoms with E-state index in [9.17, 15) is 0 Å². The van der Waals surface area contributed by atoms with E-state index in [4.69, 9.17) is 4.74 Å². The first kappa shape index (κ1) is 13.9. The molecule has 0 fully saturated rings. The van der Waals surface area contributed by atoms with E-state index in [0.717, 1.165) is 29.6 Å². The molecule has 2 atom stereocenters. The first-order valence-corrected chi connectivity index (χ1v) is 7.59. The van der Waals surface area contributed by atoms with Crippen molar-refractivity contribution in [3.8, 4) is 5.75 Å². The van der Waals surface area contributed by atoms with Crippen LogP contribution in [-0.4, -0.2) is 12.6 Å². The number of rotatable bonds is 4. The van der Waals surface area contributed by atoms with Gasteiger partial charge in [-0.1, -0.05) is 36.7 Å². The molecule has 1 aromatic rings. The maximum absolute atomic E-state index is 6.11. The van der Waals surface area contributed by atoms with Crippen molar-refractivity contribution in [1.29, 1.82) is 0 Å². The van der Waals surface area contributed by atoms with Gasteiger partial charge in [0.05, 0.1) is 0 Å². The van der Waals surface area contributed by atoms with E-state index in [2.05, 4.69) is 60.2 Å². The lowest BCUT2D eigenvalue weighted by molar-refractivity contribution is 0.128. The number of hydrogen-bond acceptors (Lipinski definition) is 2. The Labute approximate surface area is 118 Å². The largest absolute Gasteiger partial charge is 0.490 e. The molecule has 0 saturated heterocycles. The van der Waals surface area contributed by atoms with Gasteiger partial charge in [-0.3, -0.25) is 0 Å². The minimum absolute atomic E-state index is 0.336. The molecule has 2 rings (SSSR count). The average molecular weight is 312 g/mol. The third-order valence-corrected chi connectivity index (χ3v) is 3.82. The Kier molecular flexibility index (Phi) is 4.68. The molecule has 0 aromatic heterocycles. The van der Waals surface area contributed by atoms with Crippen molar-refractivity contribution in [2.24, 2.45) is 5.92 Å². The van der Waals surface area contributed by atoms with Crippen LogP contribution in [0.15, 0.2) is 22.7 Å². The fourth-order valence-corrected chi connectivity index (χ4v) is 3.01. The summed E-state index contributed by atoms with van der Waals surface area (Å²) in [6.45, 7) is 7.65. The van der Waals surface area contributed by atoms with Crippen molar-refractivity contribution >= 4 is 15.9 Å². The Morgan fingerprint density at radius 3 is 2.89 bits per heavy atom. The van der Waals surface area contributed by atoms with Crippen molar-refractivity contribution < 1.29 is 4.74 Å². The van der Waals surface area contributed by atoms with Gasteiger partial charge in [0.1, 0.15) is 11.9 Å². The van der Waals surface area contributed by atoms with Crippen LogP contribution in [0.5, 0.6) is 5.75 Å². The topological polar surface area (TPSA) is 21.3 Å².